The van der Waals surface area contributed by atoms with Gasteiger partial charge in [-0.25, -0.2) is 4.79 Å². The van der Waals surface area contributed by atoms with Gasteiger partial charge in [-0.3, -0.25) is 9.48 Å². The van der Waals surface area contributed by atoms with Gasteiger partial charge in [0, 0.05) is 18.8 Å². The molecule has 1 amide bonds. The Kier molecular flexibility index (Phi) is 3.36. The van der Waals surface area contributed by atoms with Crippen LogP contribution in [0, 0.1) is 0 Å². The van der Waals surface area contributed by atoms with Crippen molar-refractivity contribution in [2.24, 2.45) is 0 Å². The predicted molar refractivity (Wildman–Crippen MR) is 63.9 cm³/mol. The van der Waals surface area contributed by atoms with Crippen molar-refractivity contribution in [2.45, 2.75) is 44.2 Å². The first-order valence-corrected chi connectivity index (χ1v) is 6.07. The summed E-state index contributed by atoms with van der Waals surface area (Å²) in [5.74, 6) is -1.17. The van der Waals surface area contributed by atoms with E-state index in [4.69, 9.17) is 5.11 Å². The van der Waals surface area contributed by atoms with E-state index in [0.29, 0.717) is 12.8 Å². The standard InChI is InChI=1S/C12H17N3O3/c1-9(15-7-3-6-13-15)8-10(16)14-12(11(17)18)4-2-5-12/h3,6-7,9H,2,4-5,8H2,1H3,(H,14,16)(H,17,18). The van der Waals surface area contributed by atoms with E-state index < -0.39 is 11.5 Å². The number of rotatable bonds is 5. The molecular formula is C12H17N3O3. The van der Waals surface area contributed by atoms with Crippen LogP contribution < -0.4 is 5.32 Å². The number of nitrogens with one attached hydrogen (secondary N) is 1. The van der Waals surface area contributed by atoms with Crippen molar-refractivity contribution in [1.29, 1.82) is 0 Å². The van der Waals surface area contributed by atoms with Crippen molar-refractivity contribution < 1.29 is 14.7 Å². The summed E-state index contributed by atoms with van der Waals surface area (Å²) in [4.78, 5) is 23.0. The van der Waals surface area contributed by atoms with E-state index in [-0.39, 0.29) is 18.4 Å². The molecule has 0 spiro atoms. The summed E-state index contributed by atoms with van der Waals surface area (Å²) in [5.41, 5.74) is -1.03. The highest BCUT2D eigenvalue weighted by atomic mass is 16.4. The van der Waals surface area contributed by atoms with Crippen LogP contribution in [-0.2, 0) is 9.59 Å². The normalized spacial score (nSPS) is 18.7. The molecule has 0 aromatic carbocycles. The molecule has 1 aromatic rings. The highest BCUT2D eigenvalue weighted by molar-refractivity contribution is 5.87. The molecule has 0 saturated heterocycles. The number of hydrogen-bond acceptors (Lipinski definition) is 3. The SMILES string of the molecule is CC(CC(=O)NC1(C(=O)O)CCC1)n1cccn1. The Morgan fingerprint density at radius 3 is 2.72 bits per heavy atom. The summed E-state index contributed by atoms with van der Waals surface area (Å²) in [6.07, 6.45) is 5.56. The molecule has 6 heteroatoms. The van der Waals surface area contributed by atoms with Gasteiger partial charge in [0.2, 0.25) is 5.91 Å². The average Bonchev–Trinajstić information content (AvgIpc) is 2.76. The Labute approximate surface area is 105 Å². The number of carboxylic acid groups (broad SMARTS) is 1. The summed E-state index contributed by atoms with van der Waals surface area (Å²) in [7, 11) is 0. The average molecular weight is 251 g/mol. The van der Waals surface area contributed by atoms with Crippen LogP contribution in [0.5, 0.6) is 0 Å². The van der Waals surface area contributed by atoms with E-state index in [2.05, 4.69) is 10.4 Å². The number of carbonyl (C=O) groups excluding carboxylic acids is 1. The summed E-state index contributed by atoms with van der Waals surface area (Å²) >= 11 is 0. The van der Waals surface area contributed by atoms with Crippen LogP contribution in [0.3, 0.4) is 0 Å². The Bertz CT molecular complexity index is 437. The summed E-state index contributed by atoms with van der Waals surface area (Å²) < 4.78 is 1.69. The number of carboxylic acids is 1. The van der Waals surface area contributed by atoms with Gasteiger partial charge in [-0.2, -0.15) is 5.10 Å². The molecule has 2 rings (SSSR count). The number of aliphatic carboxylic acids is 1. The van der Waals surface area contributed by atoms with Gasteiger partial charge in [-0.1, -0.05) is 0 Å². The molecule has 2 N–H and O–H groups in total. The van der Waals surface area contributed by atoms with Crippen molar-refractivity contribution in [3.8, 4) is 0 Å². The van der Waals surface area contributed by atoms with E-state index >= 15 is 0 Å². The third kappa shape index (κ3) is 2.37. The maximum absolute atomic E-state index is 11.8. The lowest BCUT2D eigenvalue weighted by molar-refractivity contribution is -0.151. The van der Waals surface area contributed by atoms with Crippen LogP contribution >= 0.6 is 0 Å². The molecule has 6 nitrogen and oxygen atoms in total. The van der Waals surface area contributed by atoms with Crippen LogP contribution in [0.15, 0.2) is 18.5 Å². The third-order valence-electron chi connectivity index (χ3n) is 3.45. The van der Waals surface area contributed by atoms with Crippen LogP contribution in [0.2, 0.25) is 0 Å². The molecule has 98 valence electrons. The second kappa shape index (κ2) is 4.80. The lowest BCUT2D eigenvalue weighted by atomic mass is 9.76. The maximum Gasteiger partial charge on any atom is 0.329 e. The fraction of sp³-hybridized carbons (Fsp3) is 0.583. The minimum absolute atomic E-state index is 0.0779. The van der Waals surface area contributed by atoms with Gasteiger partial charge in [0.25, 0.3) is 0 Å². The largest absolute Gasteiger partial charge is 0.480 e. The van der Waals surface area contributed by atoms with Gasteiger partial charge < -0.3 is 10.4 Å². The first kappa shape index (κ1) is 12.6. The zero-order valence-electron chi connectivity index (χ0n) is 10.3. The van der Waals surface area contributed by atoms with E-state index in [9.17, 15) is 9.59 Å². The summed E-state index contributed by atoms with van der Waals surface area (Å²) in [6, 6.07) is 1.71. The first-order chi connectivity index (χ1) is 8.53. The smallest absolute Gasteiger partial charge is 0.329 e. The Morgan fingerprint density at radius 2 is 2.28 bits per heavy atom. The predicted octanol–water partition coefficient (Wildman–Crippen LogP) is 0.958. The highest BCUT2D eigenvalue weighted by Gasteiger charge is 2.45. The summed E-state index contributed by atoms with van der Waals surface area (Å²) in [6.45, 7) is 1.88. The maximum atomic E-state index is 11.8. The molecule has 1 saturated carbocycles. The van der Waals surface area contributed by atoms with Crippen molar-refractivity contribution in [2.75, 3.05) is 0 Å². The van der Waals surface area contributed by atoms with Crippen molar-refractivity contribution in [3.63, 3.8) is 0 Å². The second-order valence-electron chi connectivity index (χ2n) is 4.83. The molecule has 0 bridgehead atoms. The molecule has 1 fully saturated rings. The molecule has 1 aliphatic rings. The van der Waals surface area contributed by atoms with Crippen LogP contribution in [-0.4, -0.2) is 32.3 Å². The Balaban J connectivity index is 1.91. The lowest BCUT2D eigenvalue weighted by Gasteiger charge is -2.38. The van der Waals surface area contributed by atoms with Gasteiger partial charge in [0.05, 0.1) is 6.04 Å². The quantitative estimate of drug-likeness (QED) is 0.816. The first-order valence-electron chi connectivity index (χ1n) is 6.07. The number of nitrogens with zero attached hydrogens (tertiary/aromatic N) is 2. The fourth-order valence-corrected chi connectivity index (χ4v) is 2.14. The Morgan fingerprint density at radius 1 is 1.56 bits per heavy atom. The zero-order valence-corrected chi connectivity index (χ0v) is 10.3. The fourth-order valence-electron chi connectivity index (χ4n) is 2.14. The number of aromatic nitrogens is 2. The molecule has 0 radical (unpaired) electrons. The monoisotopic (exact) mass is 251 g/mol. The lowest BCUT2D eigenvalue weighted by Crippen LogP contribution is -2.59. The van der Waals surface area contributed by atoms with E-state index in [0.717, 1.165) is 6.42 Å². The van der Waals surface area contributed by atoms with Crippen molar-refractivity contribution >= 4 is 11.9 Å². The van der Waals surface area contributed by atoms with E-state index in [1.165, 1.54) is 0 Å². The van der Waals surface area contributed by atoms with Crippen molar-refractivity contribution in [3.05, 3.63) is 18.5 Å². The minimum atomic E-state index is -1.03. The van der Waals surface area contributed by atoms with Crippen LogP contribution in [0.25, 0.3) is 0 Å². The third-order valence-corrected chi connectivity index (χ3v) is 3.45. The molecule has 1 aromatic heterocycles. The van der Waals surface area contributed by atoms with E-state index in [1.807, 2.05) is 6.92 Å². The number of amides is 1. The summed E-state index contributed by atoms with van der Waals surface area (Å²) in [5, 5.41) is 15.8. The molecule has 1 heterocycles. The topological polar surface area (TPSA) is 84.2 Å². The van der Waals surface area contributed by atoms with Crippen molar-refractivity contribution in [1.82, 2.24) is 15.1 Å². The zero-order chi connectivity index (χ0) is 13.2. The van der Waals surface area contributed by atoms with Gasteiger partial charge in [0.15, 0.2) is 0 Å². The van der Waals surface area contributed by atoms with Gasteiger partial charge in [-0.05, 0) is 32.3 Å². The Hall–Kier alpha value is -1.85. The van der Waals surface area contributed by atoms with Crippen LogP contribution in [0.1, 0.15) is 38.6 Å². The second-order valence-corrected chi connectivity index (χ2v) is 4.83. The number of carbonyl (C=O) groups is 2. The molecular weight excluding hydrogens is 234 g/mol. The van der Waals surface area contributed by atoms with Crippen LogP contribution in [0.4, 0.5) is 0 Å². The van der Waals surface area contributed by atoms with E-state index in [1.54, 1.807) is 23.1 Å². The molecule has 1 unspecified atom stereocenters. The molecule has 18 heavy (non-hydrogen) atoms. The molecule has 1 aliphatic carbocycles. The highest BCUT2D eigenvalue weighted by Crippen LogP contribution is 2.32. The van der Waals surface area contributed by atoms with Gasteiger partial charge in [0.1, 0.15) is 5.54 Å². The van der Waals surface area contributed by atoms with Gasteiger partial charge in [-0.15, -0.1) is 0 Å². The number of hydrogen-bond donors (Lipinski definition) is 2. The minimum Gasteiger partial charge on any atom is -0.480 e. The van der Waals surface area contributed by atoms with Gasteiger partial charge >= 0.3 is 5.97 Å². The molecule has 1 atom stereocenters. The molecule has 0 aliphatic heterocycles.